The van der Waals surface area contributed by atoms with E-state index in [1.165, 1.54) is 32.1 Å². The second-order valence-corrected chi connectivity index (χ2v) is 7.18. The van der Waals surface area contributed by atoms with Crippen molar-refractivity contribution in [1.82, 2.24) is 15.5 Å². The van der Waals surface area contributed by atoms with Crippen LogP contribution in [0.15, 0.2) is 0 Å². The summed E-state index contributed by atoms with van der Waals surface area (Å²) >= 11 is 0. The number of rotatable bonds is 8. The molecular formula is C18H34ClN3O2. The summed E-state index contributed by atoms with van der Waals surface area (Å²) in [6.07, 6.45) is 10.1. The van der Waals surface area contributed by atoms with Gasteiger partial charge in [-0.1, -0.05) is 25.7 Å². The Balaban J connectivity index is 0.00000288. The lowest BCUT2D eigenvalue weighted by molar-refractivity contribution is -0.134. The van der Waals surface area contributed by atoms with E-state index in [9.17, 15) is 9.59 Å². The third-order valence-corrected chi connectivity index (χ3v) is 5.46. The molecule has 0 bridgehead atoms. The SMILES string of the molecule is CNCCC1CCN(C(=O)CNC(=O)CCC2CCCC2)CC1.Cl. The van der Waals surface area contributed by atoms with Crippen LogP contribution in [0.5, 0.6) is 0 Å². The zero-order valence-corrected chi connectivity index (χ0v) is 15.8. The zero-order valence-electron chi connectivity index (χ0n) is 15.0. The average Bonchev–Trinajstić information content (AvgIpc) is 3.10. The van der Waals surface area contributed by atoms with Gasteiger partial charge >= 0.3 is 0 Å². The molecule has 0 aromatic heterocycles. The summed E-state index contributed by atoms with van der Waals surface area (Å²) in [6.45, 7) is 2.90. The van der Waals surface area contributed by atoms with E-state index in [-0.39, 0.29) is 30.8 Å². The third-order valence-electron chi connectivity index (χ3n) is 5.46. The molecule has 1 aliphatic carbocycles. The molecule has 2 aliphatic rings. The molecule has 2 N–H and O–H groups in total. The lowest BCUT2D eigenvalue weighted by Gasteiger charge is -2.32. The number of likely N-dealkylation sites (tertiary alicyclic amines) is 1. The summed E-state index contributed by atoms with van der Waals surface area (Å²) in [7, 11) is 1.98. The normalized spacial score (nSPS) is 19.1. The van der Waals surface area contributed by atoms with Crippen LogP contribution < -0.4 is 10.6 Å². The smallest absolute Gasteiger partial charge is 0.241 e. The summed E-state index contributed by atoms with van der Waals surface area (Å²) in [5, 5.41) is 5.99. The molecule has 0 atom stereocenters. The number of carbonyl (C=O) groups excluding carboxylic acids is 2. The van der Waals surface area contributed by atoms with Crippen molar-refractivity contribution in [2.45, 2.75) is 57.8 Å². The van der Waals surface area contributed by atoms with E-state index in [1.807, 2.05) is 11.9 Å². The first kappa shape index (κ1) is 21.2. The van der Waals surface area contributed by atoms with Gasteiger partial charge in [-0.25, -0.2) is 0 Å². The van der Waals surface area contributed by atoms with Gasteiger partial charge < -0.3 is 15.5 Å². The van der Waals surface area contributed by atoms with Gasteiger partial charge in [-0.05, 0) is 51.1 Å². The highest BCUT2D eigenvalue weighted by Gasteiger charge is 2.22. The molecule has 2 fully saturated rings. The van der Waals surface area contributed by atoms with Gasteiger partial charge in [0.2, 0.25) is 11.8 Å². The van der Waals surface area contributed by atoms with Gasteiger partial charge in [0.15, 0.2) is 0 Å². The van der Waals surface area contributed by atoms with Gasteiger partial charge in [0.1, 0.15) is 0 Å². The first-order valence-electron chi connectivity index (χ1n) is 9.38. The topological polar surface area (TPSA) is 61.4 Å². The molecule has 2 rings (SSSR count). The predicted octanol–water partition coefficient (Wildman–Crippen LogP) is 2.34. The van der Waals surface area contributed by atoms with Crippen LogP contribution >= 0.6 is 12.4 Å². The standard InChI is InChI=1S/C18H33N3O2.ClH/c1-19-11-8-16-9-12-21(13-10-16)18(23)14-20-17(22)7-6-15-4-2-3-5-15;/h15-16,19H,2-14H2,1H3,(H,20,22);1H. The maximum atomic E-state index is 12.2. The molecule has 0 unspecified atom stereocenters. The van der Waals surface area contributed by atoms with Crippen LogP contribution in [0.2, 0.25) is 0 Å². The molecule has 0 radical (unpaired) electrons. The molecule has 5 nitrogen and oxygen atoms in total. The molecule has 1 saturated heterocycles. The fourth-order valence-electron chi connectivity index (χ4n) is 3.83. The molecule has 1 heterocycles. The van der Waals surface area contributed by atoms with Gasteiger partial charge in [0, 0.05) is 19.5 Å². The van der Waals surface area contributed by atoms with Crippen molar-refractivity contribution in [3.8, 4) is 0 Å². The molecule has 0 aromatic rings. The van der Waals surface area contributed by atoms with Crippen molar-refractivity contribution in [3.63, 3.8) is 0 Å². The summed E-state index contributed by atoms with van der Waals surface area (Å²) in [5.41, 5.74) is 0. The summed E-state index contributed by atoms with van der Waals surface area (Å²) in [5.74, 6) is 1.57. The molecule has 0 spiro atoms. The van der Waals surface area contributed by atoms with E-state index in [2.05, 4.69) is 10.6 Å². The molecular weight excluding hydrogens is 326 g/mol. The van der Waals surface area contributed by atoms with E-state index in [1.54, 1.807) is 0 Å². The molecule has 6 heteroatoms. The number of amides is 2. The van der Waals surface area contributed by atoms with Gasteiger partial charge in [-0.3, -0.25) is 9.59 Å². The molecule has 140 valence electrons. The van der Waals surface area contributed by atoms with E-state index in [0.29, 0.717) is 6.42 Å². The fraction of sp³-hybridized carbons (Fsp3) is 0.889. The van der Waals surface area contributed by atoms with E-state index >= 15 is 0 Å². The minimum absolute atomic E-state index is 0. The first-order chi connectivity index (χ1) is 11.2. The van der Waals surface area contributed by atoms with Crippen LogP contribution in [0.4, 0.5) is 0 Å². The van der Waals surface area contributed by atoms with Crippen LogP contribution in [-0.2, 0) is 9.59 Å². The Bertz CT molecular complexity index is 378. The van der Waals surface area contributed by atoms with Gasteiger partial charge in [-0.2, -0.15) is 0 Å². The number of nitrogens with zero attached hydrogens (tertiary/aromatic N) is 1. The monoisotopic (exact) mass is 359 g/mol. The Kier molecular flexibility index (Phi) is 10.3. The number of hydrogen-bond acceptors (Lipinski definition) is 3. The molecule has 1 saturated carbocycles. The Hall–Kier alpha value is -0.810. The quantitative estimate of drug-likeness (QED) is 0.699. The molecule has 24 heavy (non-hydrogen) atoms. The molecule has 2 amide bonds. The number of halogens is 1. The summed E-state index contributed by atoms with van der Waals surface area (Å²) in [4.78, 5) is 26.0. The number of piperidine rings is 1. The van der Waals surface area contributed by atoms with Crippen molar-refractivity contribution in [3.05, 3.63) is 0 Å². The second-order valence-electron chi connectivity index (χ2n) is 7.18. The molecule has 1 aliphatic heterocycles. The highest BCUT2D eigenvalue weighted by Crippen LogP contribution is 2.28. The van der Waals surface area contributed by atoms with Crippen molar-refractivity contribution in [2.24, 2.45) is 11.8 Å². The van der Waals surface area contributed by atoms with E-state index < -0.39 is 0 Å². The average molecular weight is 360 g/mol. The Morgan fingerprint density at radius 3 is 2.25 bits per heavy atom. The van der Waals surface area contributed by atoms with Gasteiger partial charge in [-0.15, -0.1) is 12.4 Å². The van der Waals surface area contributed by atoms with Crippen molar-refractivity contribution < 1.29 is 9.59 Å². The zero-order chi connectivity index (χ0) is 16.5. The van der Waals surface area contributed by atoms with Crippen molar-refractivity contribution >= 4 is 24.2 Å². The lowest BCUT2D eigenvalue weighted by Crippen LogP contribution is -2.44. The van der Waals surface area contributed by atoms with Gasteiger partial charge in [0.05, 0.1) is 6.54 Å². The van der Waals surface area contributed by atoms with Crippen molar-refractivity contribution in [1.29, 1.82) is 0 Å². The van der Waals surface area contributed by atoms with E-state index in [0.717, 1.165) is 50.7 Å². The Morgan fingerprint density at radius 2 is 1.62 bits per heavy atom. The minimum atomic E-state index is 0. The largest absolute Gasteiger partial charge is 0.347 e. The maximum Gasteiger partial charge on any atom is 0.241 e. The van der Waals surface area contributed by atoms with Crippen LogP contribution in [0, 0.1) is 11.8 Å². The maximum absolute atomic E-state index is 12.2. The molecule has 0 aromatic carbocycles. The predicted molar refractivity (Wildman–Crippen MR) is 99.3 cm³/mol. The van der Waals surface area contributed by atoms with Crippen LogP contribution in [0.25, 0.3) is 0 Å². The number of carbonyl (C=O) groups is 2. The summed E-state index contributed by atoms with van der Waals surface area (Å²) in [6, 6.07) is 0. The van der Waals surface area contributed by atoms with Crippen molar-refractivity contribution in [2.75, 3.05) is 33.2 Å². The Labute approximate surface area is 152 Å². The highest BCUT2D eigenvalue weighted by atomic mass is 35.5. The summed E-state index contributed by atoms with van der Waals surface area (Å²) < 4.78 is 0. The lowest BCUT2D eigenvalue weighted by atomic mass is 9.93. The van der Waals surface area contributed by atoms with E-state index in [4.69, 9.17) is 0 Å². The van der Waals surface area contributed by atoms with Crippen LogP contribution in [-0.4, -0.2) is 49.9 Å². The number of nitrogens with one attached hydrogen (secondary N) is 2. The Morgan fingerprint density at radius 1 is 1.00 bits per heavy atom. The van der Waals surface area contributed by atoms with Gasteiger partial charge in [0.25, 0.3) is 0 Å². The first-order valence-corrected chi connectivity index (χ1v) is 9.38. The third kappa shape index (κ3) is 7.39. The van der Waals surface area contributed by atoms with Crippen LogP contribution in [0.1, 0.15) is 57.8 Å². The second kappa shape index (κ2) is 11.7. The minimum Gasteiger partial charge on any atom is -0.347 e. The highest BCUT2D eigenvalue weighted by molar-refractivity contribution is 5.85. The van der Waals surface area contributed by atoms with Crippen LogP contribution in [0.3, 0.4) is 0 Å². The number of hydrogen-bond donors (Lipinski definition) is 2. The fourth-order valence-corrected chi connectivity index (χ4v) is 3.83.